The van der Waals surface area contributed by atoms with E-state index in [1.165, 1.54) is 6.33 Å². The first-order valence-electron chi connectivity index (χ1n) is 10.2. The predicted octanol–water partition coefficient (Wildman–Crippen LogP) is 3.13. The van der Waals surface area contributed by atoms with Crippen molar-refractivity contribution in [3.63, 3.8) is 0 Å². The first kappa shape index (κ1) is 21.9. The molecule has 3 aromatic heterocycles. The standard InChI is InChI=1S/C22H16Cl2N8O2/c1-26-16-3-2-12(6-14(16)23)7-18(33)30-4-5-32-17(10-30)19(21(25)34)20(29-32)13-8-15(24)22-28-27-11-31(22)9-13/h2-3,6,8-9,11H,4-5,7,10H2,(H2,25,34). The van der Waals surface area contributed by atoms with Crippen LogP contribution in [-0.4, -0.2) is 47.6 Å². The Hall–Kier alpha value is -3.94. The van der Waals surface area contributed by atoms with Crippen molar-refractivity contribution in [1.82, 2.24) is 29.3 Å². The van der Waals surface area contributed by atoms with Crippen molar-refractivity contribution < 1.29 is 9.59 Å². The Bertz CT molecular complexity index is 1520. The van der Waals surface area contributed by atoms with Crippen LogP contribution in [0.1, 0.15) is 21.6 Å². The van der Waals surface area contributed by atoms with Crippen LogP contribution in [-0.2, 0) is 24.3 Å². The zero-order valence-electron chi connectivity index (χ0n) is 17.6. The van der Waals surface area contributed by atoms with Crippen LogP contribution in [0.2, 0.25) is 10.0 Å². The zero-order valence-corrected chi connectivity index (χ0v) is 19.1. The topological polar surface area (TPSA) is 116 Å². The molecule has 0 saturated carbocycles. The van der Waals surface area contributed by atoms with Gasteiger partial charge in [-0.05, 0) is 11.6 Å². The van der Waals surface area contributed by atoms with E-state index in [0.717, 1.165) is 0 Å². The van der Waals surface area contributed by atoms with Gasteiger partial charge in [-0.1, -0.05) is 41.4 Å². The maximum absolute atomic E-state index is 13.0. The number of hydrogen-bond donors (Lipinski definition) is 1. The summed E-state index contributed by atoms with van der Waals surface area (Å²) in [4.78, 5) is 30.4. The lowest BCUT2D eigenvalue weighted by molar-refractivity contribution is -0.132. The van der Waals surface area contributed by atoms with Gasteiger partial charge in [0.15, 0.2) is 5.65 Å². The van der Waals surface area contributed by atoms with E-state index in [1.807, 2.05) is 0 Å². The third-order valence-corrected chi connectivity index (χ3v) is 6.27. The maximum atomic E-state index is 13.0. The molecule has 12 heteroatoms. The molecule has 0 bridgehead atoms. The largest absolute Gasteiger partial charge is 0.365 e. The average Bonchev–Trinajstić information content (AvgIpc) is 3.43. The van der Waals surface area contributed by atoms with E-state index < -0.39 is 5.91 Å². The minimum atomic E-state index is -0.646. The van der Waals surface area contributed by atoms with Crippen molar-refractivity contribution in [2.45, 2.75) is 19.5 Å². The van der Waals surface area contributed by atoms with Crippen molar-refractivity contribution in [3.8, 4) is 11.3 Å². The Labute approximate surface area is 203 Å². The molecule has 0 unspecified atom stereocenters. The highest BCUT2D eigenvalue weighted by molar-refractivity contribution is 6.34. The fourth-order valence-corrected chi connectivity index (χ4v) is 4.55. The first-order chi connectivity index (χ1) is 16.4. The SMILES string of the molecule is [C-]#[N+]c1ccc(CC(=O)N2CCn3nc(-c4cc(Cl)c5nncn5c4)c(C(N)=O)c3C2)cc1Cl. The third kappa shape index (κ3) is 3.75. The van der Waals surface area contributed by atoms with Crippen molar-refractivity contribution in [2.24, 2.45) is 5.73 Å². The second kappa shape index (κ2) is 8.44. The molecule has 0 fully saturated rings. The van der Waals surface area contributed by atoms with Crippen molar-refractivity contribution in [3.05, 3.63) is 75.1 Å². The molecule has 0 radical (unpaired) electrons. The quantitative estimate of drug-likeness (QED) is 0.437. The van der Waals surface area contributed by atoms with Gasteiger partial charge < -0.3 is 10.6 Å². The van der Waals surface area contributed by atoms with Crippen LogP contribution in [0.4, 0.5) is 5.69 Å². The summed E-state index contributed by atoms with van der Waals surface area (Å²) in [7, 11) is 0. The Morgan fingerprint density at radius 3 is 2.74 bits per heavy atom. The van der Waals surface area contributed by atoms with E-state index in [-0.39, 0.29) is 24.4 Å². The molecule has 10 nitrogen and oxygen atoms in total. The number of halogens is 2. The number of carbonyl (C=O) groups is 2. The molecule has 4 heterocycles. The summed E-state index contributed by atoms with van der Waals surface area (Å²) in [5.41, 5.74) is 9.03. The van der Waals surface area contributed by atoms with Crippen molar-refractivity contribution in [1.29, 1.82) is 0 Å². The molecule has 0 aliphatic carbocycles. The smallest absolute Gasteiger partial charge is 0.252 e. The summed E-state index contributed by atoms with van der Waals surface area (Å²) >= 11 is 12.4. The molecular formula is C22H16Cl2N8O2. The van der Waals surface area contributed by atoms with Crippen LogP contribution in [0.15, 0.2) is 36.8 Å². The molecule has 4 aromatic rings. The fraction of sp³-hybridized carbons (Fsp3) is 0.182. The fourth-order valence-electron chi connectivity index (χ4n) is 4.05. The molecule has 1 aliphatic rings. The molecule has 0 atom stereocenters. The Kier molecular flexibility index (Phi) is 5.43. The van der Waals surface area contributed by atoms with Gasteiger partial charge in [-0.15, -0.1) is 10.2 Å². The number of benzene rings is 1. The molecule has 0 saturated heterocycles. The van der Waals surface area contributed by atoms with E-state index in [0.29, 0.717) is 57.0 Å². The number of nitrogens with zero attached hydrogens (tertiary/aromatic N) is 7. The number of pyridine rings is 1. The molecule has 2 amide bonds. The Morgan fingerprint density at radius 2 is 2.00 bits per heavy atom. The monoisotopic (exact) mass is 494 g/mol. The summed E-state index contributed by atoms with van der Waals surface area (Å²) in [6.07, 6.45) is 3.34. The van der Waals surface area contributed by atoms with Crippen molar-refractivity contribution >= 4 is 46.4 Å². The van der Waals surface area contributed by atoms with Gasteiger partial charge in [0, 0.05) is 23.3 Å². The maximum Gasteiger partial charge on any atom is 0.252 e. The molecule has 2 N–H and O–H groups in total. The van der Waals surface area contributed by atoms with Crippen LogP contribution in [0.25, 0.3) is 21.7 Å². The lowest BCUT2D eigenvalue weighted by Gasteiger charge is -2.28. The number of hydrogen-bond acceptors (Lipinski definition) is 5. The molecule has 1 aliphatic heterocycles. The van der Waals surface area contributed by atoms with Gasteiger partial charge in [0.05, 0.1) is 42.4 Å². The molecule has 34 heavy (non-hydrogen) atoms. The average molecular weight is 495 g/mol. The van der Waals surface area contributed by atoms with Gasteiger partial charge in [-0.2, -0.15) is 5.10 Å². The zero-order chi connectivity index (χ0) is 24.0. The van der Waals surface area contributed by atoms with Gasteiger partial charge >= 0.3 is 0 Å². The highest BCUT2D eigenvalue weighted by atomic mass is 35.5. The molecule has 0 spiro atoms. The van der Waals surface area contributed by atoms with Crippen molar-refractivity contribution in [2.75, 3.05) is 6.54 Å². The first-order valence-corrected chi connectivity index (χ1v) is 10.9. The molecule has 5 rings (SSSR count). The number of fused-ring (bicyclic) bond motifs is 2. The van der Waals surface area contributed by atoms with Gasteiger partial charge in [0.1, 0.15) is 12.0 Å². The summed E-state index contributed by atoms with van der Waals surface area (Å²) < 4.78 is 3.34. The van der Waals surface area contributed by atoms with E-state index in [1.54, 1.807) is 44.4 Å². The summed E-state index contributed by atoms with van der Waals surface area (Å²) in [5.74, 6) is -0.781. The van der Waals surface area contributed by atoms with E-state index in [4.69, 9.17) is 35.5 Å². The lowest BCUT2D eigenvalue weighted by Crippen LogP contribution is -2.40. The normalized spacial score (nSPS) is 13.0. The minimum Gasteiger partial charge on any atom is -0.365 e. The molecule has 170 valence electrons. The summed E-state index contributed by atoms with van der Waals surface area (Å²) in [6, 6.07) is 6.59. The van der Waals surface area contributed by atoms with Gasteiger partial charge in [0.25, 0.3) is 5.91 Å². The van der Waals surface area contributed by atoms with Gasteiger partial charge in [-0.25, -0.2) is 4.85 Å². The lowest BCUT2D eigenvalue weighted by atomic mass is 10.1. The van der Waals surface area contributed by atoms with Crippen LogP contribution in [0.5, 0.6) is 0 Å². The summed E-state index contributed by atoms with van der Waals surface area (Å²) in [6.45, 7) is 8.10. The number of carbonyl (C=O) groups excluding carboxylic acids is 2. The minimum absolute atomic E-state index is 0.116. The molecule has 1 aromatic carbocycles. The van der Waals surface area contributed by atoms with Crippen LogP contribution < -0.4 is 5.73 Å². The van der Waals surface area contributed by atoms with E-state index in [2.05, 4.69) is 20.1 Å². The number of amides is 2. The molecular weight excluding hydrogens is 479 g/mol. The number of primary amides is 1. The number of rotatable bonds is 4. The Morgan fingerprint density at radius 1 is 1.18 bits per heavy atom. The second-order valence-corrected chi connectivity index (χ2v) is 8.60. The number of nitrogens with two attached hydrogens (primary N) is 1. The third-order valence-electron chi connectivity index (χ3n) is 5.69. The van der Waals surface area contributed by atoms with Gasteiger partial charge in [-0.3, -0.25) is 18.7 Å². The van der Waals surface area contributed by atoms with E-state index >= 15 is 0 Å². The van der Waals surface area contributed by atoms with Gasteiger partial charge in [0.2, 0.25) is 11.6 Å². The Balaban J connectivity index is 1.46. The predicted molar refractivity (Wildman–Crippen MR) is 125 cm³/mol. The number of aromatic nitrogens is 5. The second-order valence-electron chi connectivity index (χ2n) is 7.79. The van der Waals surface area contributed by atoms with E-state index in [9.17, 15) is 9.59 Å². The van der Waals surface area contributed by atoms with Crippen LogP contribution in [0.3, 0.4) is 0 Å². The van der Waals surface area contributed by atoms with Crippen LogP contribution in [0, 0.1) is 6.57 Å². The summed E-state index contributed by atoms with van der Waals surface area (Å²) in [5, 5.41) is 13.1. The highest BCUT2D eigenvalue weighted by Gasteiger charge is 2.30. The van der Waals surface area contributed by atoms with Crippen LogP contribution >= 0.6 is 23.2 Å². The highest BCUT2D eigenvalue weighted by Crippen LogP contribution is 2.31.